The second-order valence-corrected chi connectivity index (χ2v) is 2.91. The molecule has 1 rings (SSSR count). The Morgan fingerprint density at radius 2 is 2.00 bits per heavy atom. The van der Waals surface area contributed by atoms with Crippen molar-refractivity contribution in [2.45, 2.75) is 12.8 Å². The fourth-order valence-electron chi connectivity index (χ4n) is 1.06. The molecule has 0 aliphatic rings. The quantitative estimate of drug-likeness (QED) is 0.515. The molecule has 0 saturated heterocycles. The van der Waals surface area contributed by atoms with E-state index in [9.17, 15) is 9.18 Å². The molecule has 0 unspecified atom stereocenters. The molecule has 0 fully saturated rings. The van der Waals surface area contributed by atoms with Crippen LogP contribution in [0.5, 0.6) is 5.75 Å². The fourth-order valence-corrected chi connectivity index (χ4v) is 1.06. The van der Waals surface area contributed by atoms with Crippen LogP contribution in [0.25, 0.3) is 0 Å². The number of carbonyl (C=O) groups excluding carboxylic acids is 1. The van der Waals surface area contributed by atoms with Crippen LogP contribution in [-0.4, -0.2) is 19.6 Å². The van der Waals surface area contributed by atoms with Crippen LogP contribution in [0.1, 0.15) is 12.0 Å². The first-order chi connectivity index (χ1) is 6.86. The lowest BCUT2D eigenvalue weighted by Crippen LogP contribution is -1.98. The number of benzene rings is 1. The zero-order valence-corrected chi connectivity index (χ0v) is 7.91. The minimum atomic E-state index is -0.358. The van der Waals surface area contributed by atoms with E-state index in [0.29, 0.717) is 25.2 Å². The van der Waals surface area contributed by atoms with Crippen molar-refractivity contribution in [2.24, 2.45) is 0 Å². The SMILES string of the molecule is O=CCc1ccc(OCCCF)cc1. The summed E-state index contributed by atoms with van der Waals surface area (Å²) in [5.74, 6) is 0.716. The zero-order valence-electron chi connectivity index (χ0n) is 7.91. The summed E-state index contributed by atoms with van der Waals surface area (Å²) in [5.41, 5.74) is 0.956. The average Bonchev–Trinajstić information content (AvgIpc) is 2.21. The lowest BCUT2D eigenvalue weighted by Gasteiger charge is -2.04. The lowest BCUT2D eigenvalue weighted by molar-refractivity contribution is -0.107. The maximum atomic E-state index is 11.7. The van der Waals surface area contributed by atoms with Crippen molar-refractivity contribution >= 4 is 6.29 Å². The minimum Gasteiger partial charge on any atom is -0.494 e. The zero-order chi connectivity index (χ0) is 10.2. The molecule has 0 heterocycles. The van der Waals surface area contributed by atoms with E-state index in [4.69, 9.17) is 4.74 Å². The number of ether oxygens (including phenoxy) is 1. The molecule has 0 radical (unpaired) electrons. The first-order valence-corrected chi connectivity index (χ1v) is 4.58. The summed E-state index contributed by atoms with van der Waals surface area (Å²) in [6.45, 7) is 0.0345. The Kier molecular flexibility index (Phi) is 4.69. The maximum Gasteiger partial charge on any atom is 0.124 e. The van der Waals surface area contributed by atoms with Crippen LogP contribution < -0.4 is 4.74 Å². The molecule has 0 aliphatic heterocycles. The van der Waals surface area contributed by atoms with Gasteiger partial charge in [-0.15, -0.1) is 0 Å². The van der Waals surface area contributed by atoms with Gasteiger partial charge in [0, 0.05) is 12.8 Å². The average molecular weight is 196 g/mol. The Morgan fingerprint density at radius 1 is 1.29 bits per heavy atom. The second kappa shape index (κ2) is 6.13. The molecule has 3 heteroatoms. The summed E-state index contributed by atoms with van der Waals surface area (Å²) in [4.78, 5) is 10.2. The third-order valence-corrected chi connectivity index (χ3v) is 1.79. The van der Waals surface area contributed by atoms with Crippen LogP contribution >= 0.6 is 0 Å². The van der Waals surface area contributed by atoms with Gasteiger partial charge in [0.1, 0.15) is 12.0 Å². The first kappa shape index (κ1) is 10.7. The number of carbonyl (C=O) groups is 1. The molecular weight excluding hydrogens is 183 g/mol. The molecule has 0 aromatic heterocycles. The Hall–Kier alpha value is -1.38. The maximum absolute atomic E-state index is 11.7. The molecular formula is C11H13FO2. The summed E-state index contributed by atoms with van der Waals surface area (Å²) in [5, 5.41) is 0. The van der Waals surface area contributed by atoms with E-state index < -0.39 is 0 Å². The monoisotopic (exact) mass is 196 g/mol. The molecule has 0 atom stereocenters. The number of hydrogen-bond acceptors (Lipinski definition) is 2. The van der Waals surface area contributed by atoms with Crippen molar-refractivity contribution in [3.05, 3.63) is 29.8 Å². The van der Waals surface area contributed by atoms with Gasteiger partial charge in [-0.25, -0.2) is 0 Å². The number of rotatable bonds is 6. The molecule has 76 valence electrons. The highest BCUT2D eigenvalue weighted by Gasteiger charge is 1.94. The van der Waals surface area contributed by atoms with Crippen LogP contribution in [-0.2, 0) is 11.2 Å². The van der Waals surface area contributed by atoms with Crippen LogP contribution in [0.3, 0.4) is 0 Å². The van der Waals surface area contributed by atoms with Gasteiger partial charge in [0.25, 0.3) is 0 Å². The van der Waals surface area contributed by atoms with Crippen molar-refractivity contribution in [3.8, 4) is 5.75 Å². The highest BCUT2D eigenvalue weighted by atomic mass is 19.1. The normalized spacial score (nSPS) is 9.79. The van der Waals surface area contributed by atoms with E-state index in [2.05, 4.69) is 0 Å². The van der Waals surface area contributed by atoms with Gasteiger partial charge >= 0.3 is 0 Å². The molecule has 1 aromatic carbocycles. The largest absolute Gasteiger partial charge is 0.494 e. The second-order valence-electron chi connectivity index (χ2n) is 2.91. The minimum absolute atomic E-state index is 0.358. The van der Waals surface area contributed by atoms with Crippen LogP contribution in [0.15, 0.2) is 24.3 Å². The van der Waals surface area contributed by atoms with Gasteiger partial charge in [-0.1, -0.05) is 12.1 Å². The van der Waals surface area contributed by atoms with Crippen molar-refractivity contribution in [1.29, 1.82) is 0 Å². The first-order valence-electron chi connectivity index (χ1n) is 4.58. The van der Waals surface area contributed by atoms with Crippen LogP contribution in [0.4, 0.5) is 4.39 Å². The van der Waals surface area contributed by atoms with Crippen molar-refractivity contribution in [1.82, 2.24) is 0 Å². The number of hydrogen-bond donors (Lipinski definition) is 0. The molecule has 2 nitrogen and oxygen atoms in total. The molecule has 14 heavy (non-hydrogen) atoms. The Balaban J connectivity index is 2.42. The van der Waals surface area contributed by atoms with E-state index in [1.165, 1.54) is 0 Å². The van der Waals surface area contributed by atoms with Gasteiger partial charge in [-0.2, -0.15) is 0 Å². The Labute approximate surface area is 82.7 Å². The van der Waals surface area contributed by atoms with Crippen molar-refractivity contribution in [2.75, 3.05) is 13.3 Å². The predicted octanol–water partition coefficient (Wildman–Crippen LogP) is 2.17. The summed E-state index contributed by atoms with van der Waals surface area (Å²) >= 11 is 0. The fraction of sp³-hybridized carbons (Fsp3) is 0.364. The lowest BCUT2D eigenvalue weighted by atomic mass is 10.2. The molecule has 0 spiro atoms. The number of halogens is 1. The third kappa shape index (κ3) is 3.56. The Morgan fingerprint density at radius 3 is 2.57 bits per heavy atom. The van der Waals surface area contributed by atoms with Gasteiger partial charge in [0.15, 0.2) is 0 Å². The molecule has 0 bridgehead atoms. The topological polar surface area (TPSA) is 26.3 Å². The third-order valence-electron chi connectivity index (χ3n) is 1.79. The smallest absolute Gasteiger partial charge is 0.124 e. The highest BCUT2D eigenvalue weighted by molar-refractivity contribution is 5.55. The highest BCUT2D eigenvalue weighted by Crippen LogP contribution is 2.12. The Bertz CT molecular complexity index is 269. The van der Waals surface area contributed by atoms with Gasteiger partial charge in [0.2, 0.25) is 0 Å². The van der Waals surface area contributed by atoms with Gasteiger partial charge < -0.3 is 9.53 Å². The summed E-state index contributed by atoms with van der Waals surface area (Å²) in [6, 6.07) is 7.24. The number of alkyl halides is 1. The van der Waals surface area contributed by atoms with Crippen molar-refractivity contribution in [3.63, 3.8) is 0 Å². The van der Waals surface area contributed by atoms with Crippen LogP contribution in [0, 0.1) is 0 Å². The molecule has 0 saturated carbocycles. The van der Waals surface area contributed by atoms with Gasteiger partial charge in [-0.05, 0) is 17.7 Å². The molecule has 1 aromatic rings. The van der Waals surface area contributed by atoms with Crippen LogP contribution in [0.2, 0.25) is 0 Å². The summed E-state index contributed by atoms with van der Waals surface area (Å²) in [6.07, 6.45) is 1.69. The summed E-state index contributed by atoms with van der Waals surface area (Å²) in [7, 11) is 0. The van der Waals surface area contributed by atoms with E-state index in [0.717, 1.165) is 11.8 Å². The van der Waals surface area contributed by atoms with Gasteiger partial charge in [0.05, 0.1) is 13.3 Å². The van der Waals surface area contributed by atoms with Gasteiger partial charge in [-0.3, -0.25) is 4.39 Å². The number of aldehydes is 1. The molecule has 0 aliphatic carbocycles. The van der Waals surface area contributed by atoms with E-state index in [1.807, 2.05) is 12.1 Å². The summed E-state index contributed by atoms with van der Waals surface area (Å²) < 4.78 is 17.0. The van der Waals surface area contributed by atoms with E-state index in [-0.39, 0.29) is 6.67 Å². The predicted molar refractivity (Wildman–Crippen MR) is 52.3 cm³/mol. The van der Waals surface area contributed by atoms with E-state index >= 15 is 0 Å². The molecule has 0 amide bonds. The standard InChI is InChI=1S/C11H13FO2/c12-7-1-9-14-11-4-2-10(3-5-11)6-8-13/h2-5,8H,1,6-7,9H2. The van der Waals surface area contributed by atoms with E-state index in [1.54, 1.807) is 12.1 Å². The molecule has 0 N–H and O–H groups in total. The van der Waals surface area contributed by atoms with Crippen molar-refractivity contribution < 1.29 is 13.9 Å².